The molecule has 1 aliphatic carbocycles. The van der Waals surface area contributed by atoms with Gasteiger partial charge in [-0.2, -0.15) is 18.4 Å². The molecule has 0 atom stereocenters. The maximum Gasteiger partial charge on any atom is 0.419 e. The maximum absolute atomic E-state index is 13.6. The fraction of sp³-hybridized carbons (Fsp3) is 0.217. The number of fused-ring (bicyclic) bond motifs is 1. The number of amides is 1. The number of alkyl halides is 3. The van der Waals surface area contributed by atoms with Gasteiger partial charge in [-0.25, -0.2) is 4.98 Å². The Morgan fingerprint density at radius 1 is 1.12 bits per heavy atom. The molecule has 2 aliphatic rings. The monoisotopic (exact) mass is 452 g/mol. The van der Waals surface area contributed by atoms with E-state index >= 15 is 0 Å². The Hall–Kier alpha value is -3.51. The molecule has 0 bridgehead atoms. The van der Waals surface area contributed by atoms with Gasteiger partial charge in [-0.3, -0.25) is 9.69 Å². The molecular weight excluding hydrogens is 437 g/mol. The van der Waals surface area contributed by atoms with Crippen LogP contribution in [0.4, 0.5) is 24.5 Å². The van der Waals surface area contributed by atoms with E-state index in [1.165, 1.54) is 6.07 Å². The van der Waals surface area contributed by atoms with E-state index in [2.05, 4.69) is 4.98 Å². The quantitative estimate of drug-likeness (QED) is 0.501. The summed E-state index contributed by atoms with van der Waals surface area (Å²) < 4.78 is 40.5. The lowest BCUT2D eigenvalue weighted by Crippen LogP contribution is -2.55. The van der Waals surface area contributed by atoms with Gasteiger partial charge < -0.3 is 4.90 Å². The summed E-state index contributed by atoms with van der Waals surface area (Å²) in [5.41, 5.74) is -2.24. The van der Waals surface area contributed by atoms with Crippen molar-refractivity contribution in [2.75, 3.05) is 9.80 Å². The molecule has 1 spiro atoms. The average Bonchev–Trinajstić information content (AvgIpc) is 2.99. The van der Waals surface area contributed by atoms with Crippen LogP contribution in [0.1, 0.15) is 30.5 Å². The minimum absolute atomic E-state index is 0.0969. The highest BCUT2D eigenvalue weighted by Gasteiger charge is 2.60. The zero-order chi connectivity index (χ0) is 22.7. The van der Waals surface area contributed by atoms with E-state index in [9.17, 15) is 18.0 Å². The first-order valence-electron chi connectivity index (χ1n) is 9.92. The minimum atomic E-state index is -4.79. The Balaban J connectivity index is 1.67. The Bertz CT molecular complexity index is 1320. The van der Waals surface area contributed by atoms with Gasteiger partial charge >= 0.3 is 6.18 Å². The topological polar surface area (TPSA) is 60.2 Å². The molecule has 160 valence electrons. The molecule has 1 amide bonds. The molecule has 0 radical (unpaired) electrons. The molecule has 9 heteroatoms. The van der Waals surface area contributed by atoms with Crippen molar-refractivity contribution in [3.8, 4) is 6.07 Å². The van der Waals surface area contributed by atoms with E-state index in [-0.39, 0.29) is 16.7 Å². The van der Waals surface area contributed by atoms with Crippen LogP contribution in [0.3, 0.4) is 0 Å². The van der Waals surface area contributed by atoms with Gasteiger partial charge in [0.25, 0.3) is 5.91 Å². The van der Waals surface area contributed by atoms with Gasteiger partial charge in [-0.15, -0.1) is 0 Å². The Kier molecular flexibility index (Phi) is 4.46. The molecule has 0 N–H and O–H groups in total. The van der Waals surface area contributed by atoms with Crippen LogP contribution in [-0.4, -0.2) is 21.5 Å². The molecule has 2 aromatic carbocycles. The third-order valence-corrected chi connectivity index (χ3v) is 6.51. The molecule has 5 rings (SSSR count). The maximum atomic E-state index is 13.6. The smallest absolute Gasteiger partial charge is 0.302 e. The summed E-state index contributed by atoms with van der Waals surface area (Å²) in [6, 6.07) is 15.6. The molecule has 3 aromatic rings. The number of nitrogens with zero attached hydrogens (tertiary/aromatic N) is 4. The molecule has 2 heterocycles. The second kappa shape index (κ2) is 7.00. The van der Waals surface area contributed by atoms with Crippen molar-refractivity contribution in [2.45, 2.75) is 31.0 Å². The summed E-state index contributed by atoms with van der Waals surface area (Å²) in [4.78, 5) is 20.1. The zero-order valence-electron chi connectivity index (χ0n) is 16.6. The SMILES string of the molecule is N#Cc1ncc(N2C(=O)C3(CCC3)N(c3cccc4ccccc34)C2=S)cc1C(F)(F)F. The second-order valence-corrected chi connectivity index (χ2v) is 8.21. The Labute approximate surface area is 186 Å². The fourth-order valence-electron chi connectivity index (χ4n) is 4.47. The number of carbonyl (C=O) groups excluding carboxylic acids is 1. The van der Waals surface area contributed by atoms with Crippen molar-refractivity contribution in [3.05, 3.63) is 66.0 Å². The summed E-state index contributed by atoms with van der Waals surface area (Å²) >= 11 is 5.67. The number of pyridine rings is 1. The highest BCUT2D eigenvalue weighted by molar-refractivity contribution is 7.81. The lowest BCUT2D eigenvalue weighted by Gasteiger charge is -2.43. The van der Waals surface area contributed by atoms with E-state index in [0.717, 1.165) is 40.0 Å². The molecular formula is C23H15F3N4OS. The van der Waals surface area contributed by atoms with Gasteiger partial charge in [-0.05, 0) is 49.0 Å². The third-order valence-electron chi connectivity index (χ3n) is 6.14. The van der Waals surface area contributed by atoms with Crippen LogP contribution in [0.15, 0.2) is 54.7 Å². The van der Waals surface area contributed by atoms with Gasteiger partial charge in [0.2, 0.25) is 0 Å². The number of rotatable bonds is 2. The van der Waals surface area contributed by atoms with Crippen LogP contribution in [-0.2, 0) is 11.0 Å². The van der Waals surface area contributed by atoms with Gasteiger partial charge in [-0.1, -0.05) is 36.4 Å². The number of anilines is 2. The van der Waals surface area contributed by atoms with Crippen LogP contribution in [0.5, 0.6) is 0 Å². The molecule has 5 nitrogen and oxygen atoms in total. The van der Waals surface area contributed by atoms with E-state index in [1.807, 2.05) is 42.5 Å². The van der Waals surface area contributed by atoms with Crippen molar-refractivity contribution < 1.29 is 18.0 Å². The largest absolute Gasteiger partial charge is 0.419 e. The highest BCUT2D eigenvalue weighted by Crippen LogP contribution is 2.49. The first-order chi connectivity index (χ1) is 15.3. The van der Waals surface area contributed by atoms with Crippen molar-refractivity contribution in [2.24, 2.45) is 0 Å². The number of halogens is 3. The Morgan fingerprint density at radius 2 is 1.84 bits per heavy atom. The first kappa shape index (κ1) is 20.4. The van der Waals surface area contributed by atoms with Crippen LogP contribution in [0.25, 0.3) is 10.8 Å². The fourth-order valence-corrected chi connectivity index (χ4v) is 4.93. The van der Waals surface area contributed by atoms with Crippen LogP contribution >= 0.6 is 12.2 Å². The first-order valence-corrected chi connectivity index (χ1v) is 10.3. The molecule has 1 aromatic heterocycles. The van der Waals surface area contributed by atoms with E-state index < -0.39 is 23.0 Å². The average molecular weight is 452 g/mol. The van der Waals surface area contributed by atoms with Gasteiger partial charge in [0.05, 0.1) is 23.1 Å². The molecule has 1 saturated carbocycles. The van der Waals surface area contributed by atoms with E-state index in [4.69, 9.17) is 17.5 Å². The number of aromatic nitrogens is 1. The van der Waals surface area contributed by atoms with E-state index in [0.29, 0.717) is 12.8 Å². The number of hydrogen-bond acceptors (Lipinski definition) is 4. The number of nitriles is 1. The predicted molar refractivity (Wildman–Crippen MR) is 117 cm³/mol. The second-order valence-electron chi connectivity index (χ2n) is 7.84. The van der Waals surface area contributed by atoms with Crippen molar-refractivity contribution in [1.82, 2.24) is 4.98 Å². The van der Waals surface area contributed by atoms with Crippen LogP contribution in [0, 0.1) is 11.3 Å². The summed E-state index contributed by atoms with van der Waals surface area (Å²) in [7, 11) is 0. The summed E-state index contributed by atoms with van der Waals surface area (Å²) in [6.07, 6.45) is -1.80. The number of thiocarbonyl (C=S) groups is 1. The van der Waals surface area contributed by atoms with Crippen LogP contribution in [0.2, 0.25) is 0 Å². The molecule has 1 aliphatic heterocycles. The third kappa shape index (κ3) is 2.79. The lowest BCUT2D eigenvalue weighted by atomic mass is 9.75. The summed E-state index contributed by atoms with van der Waals surface area (Å²) in [6.45, 7) is 0. The molecule has 0 unspecified atom stereocenters. The van der Waals surface area contributed by atoms with Crippen molar-refractivity contribution in [1.29, 1.82) is 5.26 Å². The summed E-state index contributed by atoms with van der Waals surface area (Å²) in [5, 5.41) is 11.0. The highest BCUT2D eigenvalue weighted by atomic mass is 32.1. The van der Waals surface area contributed by atoms with Gasteiger partial charge in [0, 0.05) is 5.39 Å². The normalized spacial score (nSPS) is 17.7. The standard InChI is InChI=1S/C23H15F3N4OS/c24-23(25,26)17-11-15(13-28-18(17)12-27)29-20(31)22(9-4-10-22)30(21(29)32)19-8-3-6-14-5-1-2-7-16(14)19/h1-3,5-8,11,13H,4,9-10H2. The Morgan fingerprint density at radius 3 is 2.50 bits per heavy atom. The predicted octanol–water partition coefficient (Wildman–Crippen LogP) is 5.19. The van der Waals surface area contributed by atoms with Crippen molar-refractivity contribution in [3.63, 3.8) is 0 Å². The molecule has 1 saturated heterocycles. The number of benzene rings is 2. The number of carbonyl (C=O) groups is 1. The summed E-state index contributed by atoms with van der Waals surface area (Å²) in [5.74, 6) is -0.374. The van der Waals surface area contributed by atoms with Crippen LogP contribution < -0.4 is 9.80 Å². The molecule has 2 fully saturated rings. The van der Waals surface area contributed by atoms with Gasteiger partial charge in [0.15, 0.2) is 10.8 Å². The minimum Gasteiger partial charge on any atom is -0.302 e. The van der Waals surface area contributed by atoms with E-state index in [1.54, 1.807) is 4.90 Å². The van der Waals surface area contributed by atoms with Crippen molar-refractivity contribution >= 4 is 45.4 Å². The lowest BCUT2D eigenvalue weighted by molar-refractivity contribution is -0.138. The molecule has 32 heavy (non-hydrogen) atoms. The van der Waals surface area contributed by atoms with Gasteiger partial charge in [0.1, 0.15) is 11.6 Å². The zero-order valence-corrected chi connectivity index (χ0v) is 17.4. The number of hydrogen-bond donors (Lipinski definition) is 0.